The first-order valence-corrected chi connectivity index (χ1v) is 6.71. The molecule has 1 aromatic carbocycles. The van der Waals surface area contributed by atoms with Gasteiger partial charge in [0.1, 0.15) is 5.75 Å². The van der Waals surface area contributed by atoms with Gasteiger partial charge in [0.25, 0.3) is 0 Å². The summed E-state index contributed by atoms with van der Waals surface area (Å²) in [5.74, 6) is 0.966. The van der Waals surface area contributed by atoms with Gasteiger partial charge in [-0.2, -0.15) is 0 Å². The molecule has 1 saturated carbocycles. The van der Waals surface area contributed by atoms with Crippen LogP contribution in [0.5, 0.6) is 5.75 Å². The largest absolute Gasteiger partial charge is 0.496 e. The van der Waals surface area contributed by atoms with Crippen LogP contribution in [-0.2, 0) is 11.3 Å². The highest BCUT2D eigenvalue weighted by Crippen LogP contribution is 2.25. The predicted molar refractivity (Wildman–Crippen MR) is 73.0 cm³/mol. The quantitative estimate of drug-likeness (QED) is 0.840. The summed E-state index contributed by atoms with van der Waals surface area (Å²) >= 11 is 0. The Hall–Kier alpha value is -1.06. The third-order valence-corrected chi connectivity index (χ3v) is 3.51. The zero-order valence-electron chi connectivity index (χ0n) is 11.5. The van der Waals surface area contributed by atoms with Crippen LogP contribution >= 0.6 is 0 Å². The van der Waals surface area contributed by atoms with Crippen LogP contribution in [0.15, 0.2) is 18.2 Å². The Morgan fingerprint density at radius 1 is 1.33 bits per heavy atom. The van der Waals surface area contributed by atoms with Gasteiger partial charge in [0.2, 0.25) is 0 Å². The zero-order valence-corrected chi connectivity index (χ0v) is 11.5. The first-order chi connectivity index (χ1) is 8.72. The molecule has 0 atom stereocenters. The molecule has 1 fully saturated rings. The van der Waals surface area contributed by atoms with E-state index in [-0.39, 0.29) is 0 Å². The van der Waals surface area contributed by atoms with Gasteiger partial charge in [0, 0.05) is 24.8 Å². The normalized spacial score (nSPS) is 22.6. The fourth-order valence-electron chi connectivity index (χ4n) is 2.40. The Morgan fingerprint density at radius 2 is 2.11 bits per heavy atom. The lowest BCUT2D eigenvalue weighted by atomic mass is 9.89. The molecule has 0 aromatic heterocycles. The Labute approximate surface area is 109 Å². The van der Waals surface area contributed by atoms with Crippen LogP contribution in [0.25, 0.3) is 0 Å². The standard InChI is InChI=1S/C15H23NO2/c1-4-18-14-8-13(9-14)16-10-12-7-11(2)5-6-15(12)17-3/h5-7,13-14,16H,4,8-10H2,1-3H3. The molecule has 0 aliphatic heterocycles. The number of nitrogens with one attached hydrogen (secondary N) is 1. The molecule has 3 heteroatoms. The third-order valence-electron chi connectivity index (χ3n) is 3.51. The summed E-state index contributed by atoms with van der Waals surface area (Å²) in [7, 11) is 1.72. The van der Waals surface area contributed by atoms with E-state index in [9.17, 15) is 0 Å². The van der Waals surface area contributed by atoms with E-state index in [0.29, 0.717) is 12.1 Å². The average molecular weight is 249 g/mol. The van der Waals surface area contributed by atoms with Gasteiger partial charge in [-0.25, -0.2) is 0 Å². The molecule has 0 spiro atoms. The van der Waals surface area contributed by atoms with Crippen LogP contribution in [0.1, 0.15) is 30.9 Å². The van der Waals surface area contributed by atoms with Crippen LogP contribution in [0.4, 0.5) is 0 Å². The van der Waals surface area contributed by atoms with Gasteiger partial charge in [0.05, 0.1) is 13.2 Å². The Balaban J connectivity index is 1.82. The Bertz CT molecular complexity index is 386. The van der Waals surface area contributed by atoms with E-state index in [1.54, 1.807) is 7.11 Å². The molecule has 1 aliphatic carbocycles. The summed E-state index contributed by atoms with van der Waals surface area (Å²) in [5, 5.41) is 3.57. The Morgan fingerprint density at radius 3 is 2.78 bits per heavy atom. The van der Waals surface area contributed by atoms with Gasteiger partial charge in [-0.05, 0) is 32.8 Å². The summed E-state index contributed by atoms with van der Waals surface area (Å²) in [6.07, 6.45) is 2.72. The second kappa shape index (κ2) is 6.21. The van der Waals surface area contributed by atoms with Crippen molar-refractivity contribution < 1.29 is 9.47 Å². The van der Waals surface area contributed by atoms with Crippen molar-refractivity contribution in [3.8, 4) is 5.75 Å². The van der Waals surface area contributed by atoms with Crippen molar-refractivity contribution in [2.75, 3.05) is 13.7 Å². The minimum Gasteiger partial charge on any atom is -0.496 e. The lowest BCUT2D eigenvalue weighted by Gasteiger charge is -2.35. The van der Waals surface area contributed by atoms with E-state index in [2.05, 4.69) is 31.3 Å². The molecule has 0 amide bonds. The first kappa shape index (κ1) is 13.4. The van der Waals surface area contributed by atoms with Crippen LogP contribution in [0.3, 0.4) is 0 Å². The maximum absolute atomic E-state index is 5.56. The second-order valence-corrected chi connectivity index (χ2v) is 4.94. The molecule has 1 N–H and O–H groups in total. The molecule has 0 unspecified atom stereocenters. The van der Waals surface area contributed by atoms with E-state index >= 15 is 0 Å². The highest BCUT2D eigenvalue weighted by molar-refractivity contribution is 5.36. The highest BCUT2D eigenvalue weighted by atomic mass is 16.5. The lowest BCUT2D eigenvalue weighted by Crippen LogP contribution is -2.45. The van der Waals surface area contributed by atoms with E-state index < -0.39 is 0 Å². The number of rotatable bonds is 6. The fraction of sp³-hybridized carbons (Fsp3) is 0.600. The van der Waals surface area contributed by atoms with Crippen molar-refractivity contribution >= 4 is 0 Å². The summed E-state index contributed by atoms with van der Waals surface area (Å²) in [5.41, 5.74) is 2.51. The molecule has 100 valence electrons. The third kappa shape index (κ3) is 3.24. The zero-order chi connectivity index (χ0) is 13.0. The van der Waals surface area contributed by atoms with Crippen molar-refractivity contribution in [1.29, 1.82) is 0 Å². The maximum Gasteiger partial charge on any atom is 0.123 e. The molecule has 18 heavy (non-hydrogen) atoms. The van der Waals surface area contributed by atoms with Crippen LogP contribution in [0.2, 0.25) is 0 Å². The molecule has 0 radical (unpaired) electrons. The molecule has 0 bridgehead atoms. The first-order valence-electron chi connectivity index (χ1n) is 6.71. The monoisotopic (exact) mass is 249 g/mol. The fourth-order valence-corrected chi connectivity index (χ4v) is 2.40. The number of hydrogen-bond donors (Lipinski definition) is 1. The van der Waals surface area contributed by atoms with E-state index in [0.717, 1.165) is 31.7 Å². The molecule has 3 nitrogen and oxygen atoms in total. The van der Waals surface area contributed by atoms with Crippen LogP contribution in [-0.4, -0.2) is 25.9 Å². The van der Waals surface area contributed by atoms with Gasteiger partial charge < -0.3 is 14.8 Å². The van der Waals surface area contributed by atoms with Crippen molar-refractivity contribution in [3.05, 3.63) is 29.3 Å². The lowest BCUT2D eigenvalue weighted by molar-refractivity contribution is -0.0102. The van der Waals surface area contributed by atoms with Gasteiger partial charge in [0.15, 0.2) is 0 Å². The van der Waals surface area contributed by atoms with Gasteiger partial charge in [-0.3, -0.25) is 0 Å². The Kier molecular flexibility index (Phi) is 4.61. The number of aryl methyl sites for hydroxylation is 1. The topological polar surface area (TPSA) is 30.5 Å². The maximum atomic E-state index is 5.56. The molecular formula is C15H23NO2. The smallest absolute Gasteiger partial charge is 0.123 e. The molecule has 1 aromatic rings. The van der Waals surface area contributed by atoms with Crippen molar-refractivity contribution in [3.63, 3.8) is 0 Å². The SMILES string of the molecule is CCOC1CC(NCc2cc(C)ccc2OC)C1. The number of ether oxygens (including phenoxy) is 2. The molecule has 0 saturated heterocycles. The summed E-state index contributed by atoms with van der Waals surface area (Å²) in [6, 6.07) is 6.89. The van der Waals surface area contributed by atoms with Gasteiger partial charge >= 0.3 is 0 Å². The second-order valence-electron chi connectivity index (χ2n) is 4.94. The van der Waals surface area contributed by atoms with Crippen molar-refractivity contribution in [1.82, 2.24) is 5.32 Å². The molecule has 0 heterocycles. The van der Waals surface area contributed by atoms with E-state index in [1.807, 2.05) is 6.07 Å². The van der Waals surface area contributed by atoms with Crippen LogP contribution in [0, 0.1) is 6.92 Å². The number of methoxy groups -OCH3 is 1. The molecular weight excluding hydrogens is 226 g/mol. The number of benzene rings is 1. The minimum atomic E-state index is 0.465. The van der Waals surface area contributed by atoms with E-state index in [1.165, 1.54) is 11.1 Å². The van der Waals surface area contributed by atoms with Gasteiger partial charge in [-0.15, -0.1) is 0 Å². The van der Waals surface area contributed by atoms with E-state index in [4.69, 9.17) is 9.47 Å². The van der Waals surface area contributed by atoms with Crippen molar-refractivity contribution in [2.24, 2.45) is 0 Å². The average Bonchev–Trinajstić information content (AvgIpc) is 2.32. The minimum absolute atomic E-state index is 0.465. The molecule has 1 aliphatic rings. The predicted octanol–water partition coefficient (Wildman–Crippen LogP) is 2.66. The highest BCUT2D eigenvalue weighted by Gasteiger charge is 2.28. The van der Waals surface area contributed by atoms with Crippen LogP contribution < -0.4 is 10.1 Å². The van der Waals surface area contributed by atoms with Crippen molar-refractivity contribution in [2.45, 2.75) is 45.4 Å². The van der Waals surface area contributed by atoms with Gasteiger partial charge in [-0.1, -0.05) is 17.7 Å². The summed E-state index contributed by atoms with van der Waals surface area (Å²) in [4.78, 5) is 0. The number of hydrogen-bond acceptors (Lipinski definition) is 3. The summed E-state index contributed by atoms with van der Waals surface area (Å²) in [6.45, 7) is 5.85. The summed E-state index contributed by atoms with van der Waals surface area (Å²) < 4.78 is 10.9. The molecule has 2 rings (SSSR count).